The molecule has 9 atom stereocenters. The van der Waals surface area contributed by atoms with Crippen LogP contribution >= 0.6 is 0 Å². The van der Waals surface area contributed by atoms with Gasteiger partial charge in [0.15, 0.2) is 8.32 Å². The first kappa shape index (κ1) is 45.0. The van der Waals surface area contributed by atoms with Gasteiger partial charge in [0.2, 0.25) is 13.1 Å². The minimum atomic E-state index is -4.91. The Morgan fingerprint density at radius 1 is 0.500 bits per heavy atom. The van der Waals surface area contributed by atoms with Crippen LogP contribution < -0.4 is 0 Å². The van der Waals surface area contributed by atoms with Crippen LogP contribution in [0.25, 0.3) is 9.69 Å². The molecule has 0 aromatic carbocycles. The Kier molecular flexibility index (Phi) is 14.1. The maximum Gasteiger partial charge on any atom is 0.646 e. The highest BCUT2D eigenvalue weighted by atomic mass is 28.6. The predicted molar refractivity (Wildman–Crippen MR) is 205 cm³/mol. The SMILES string of the molecule is [C-]#[N+]CC[Si]12O[Si]3(CCC#N)O[Si]4(CCC#N)O[Si]5(CCC#N)O[Si](CCC#N)(O3)O[Si](CC[N+]#[C-])(O1)O[Si](O[Si](C)(C)C(C)CC)(O5)O[Si](CCC#N)(O4)O2. The Morgan fingerprint density at radius 3 is 1.00 bits per heavy atom. The van der Waals surface area contributed by atoms with Crippen molar-refractivity contribution >= 4 is 79.0 Å². The second-order valence-electron chi connectivity index (χ2n) is 14.1. The molecule has 6 heterocycles. The lowest BCUT2D eigenvalue weighted by molar-refractivity contribution is -0.0468. The molecular weight excluding hydrogens is 883 g/mol. The van der Waals surface area contributed by atoms with Crippen LogP contribution in [-0.2, 0) is 53.5 Å². The standard InChI is InChI=1S/C27H43N7O13Si9/c1-7-27(2)48(5,6)35-56-45-52(23-11-16-31)38-50(21-9-14-29)36-49(20-8-13-28)37-51(40-52,22-10-15-30)42-55(47-56,26-19-34-4)44-54(41-49,25-18-33-3)43-53(39-50,46-56)24-12-17-32/h27H,7-12,18-26H2,1-2,5-6H3. The van der Waals surface area contributed by atoms with Gasteiger partial charge in [-0.2, -0.15) is 26.3 Å². The average Bonchev–Trinajstić information content (AvgIpc) is 3.11. The van der Waals surface area contributed by atoms with Crippen LogP contribution in [0.3, 0.4) is 0 Å². The van der Waals surface area contributed by atoms with Gasteiger partial charge in [-0.05, 0) is 18.6 Å². The summed E-state index contributed by atoms with van der Waals surface area (Å²) >= 11 is 0. The predicted octanol–water partition coefficient (Wildman–Crippen LogP) is 4.69. The lowest BCUT2D eigenvalue weighted by Gasteiger charge is -2.62. The largest absolute Gasteiger partial charge is 0.646 e. The molecular formula is C27H43N7O13Si9. The molecule has 6 rings (SSSR count). The van der Waals surface area contributed by atoms with E-state index in [1.165, 1.54) is 0 Å². The molecule has 0 aromatic rings. The molecule has 0 spiro atoms. The lowest BCUT2D eigenvalue weighted by Crippen LogP contribution is -2.89. The van der Waals surface area contributed by atoms with E-state index in [0.29, 0.717) is 6.42 Å². The number of rotatable bonds is 18. The summed E-state index contributed by atoms with van der Waals surface area (Å²) in [6.45, 7) is 23.1. The first-order chi connectivity index (χ1) is 26.6. The topological polar surface area (TPSA) is 248 Å². The zero-order valence-electron chi connectivity index (χ0n) is 31.6. The summed E-state index contributed by atoms with van der Waals surface area (Å²) in [6.07, 6.45) is -0.192. The molecule has 29 heteroatoms. The Balaban J connectivity index is 1.96. The molecule has 0 radical (unpaired) electrons. The zero-order valence-corrected chi connectivity index (χ0v) is 40.6. The van der Waals surface area contributed by atoms with Gasteiger partial charge in [-0.3, -0.25) is 0 Å². The van der Waals surface area contributed by atoms with E-state index < -0.39 is 79.0 Å². The lowest BCUT2D eigenvalue weighted by atomic mass is 10.4. The van der Waals surface area contributed by atoms with Crippen LogP contribution in [0, 0.1) is 69.8 Å². The quantitative estimate of drug-likeness (QED) is 0.134. The maximum absolute atomic E-state index is 10.0. The fraction of sp³-hybridized carbons (Fsp3) is 0.741. The van der Waals surface area contributed by atoms with Gasteiger partial charge in [0.05, 0.1) is 42.4 Å². The Morgan fingerprint density at radius 2 is 0.750 bits per heavy atom. The van der Waals surface area contributed by atoms with Crippen molar-refractivity contribution in [1.29, 1.82) is 26.3 Å². The van der Waals surface area contributed by atoms with E-state index in [4.69, 9.17) is 66.6 Å². The van der Waals surface area contributed by atoms with E-state index in [9.17, 15) is 26.3 Å². The molecule has 9 unspecified atom stereocenters. The molecule has 0 aliphatic carbocycles. The molecule has 300 valence electrons. The van der Waals surface area contributed by atoms with Crippen molar-refractivity contribution in [3.8, 4) is 30.3 Å². The third-order valence-corrected chi connectivity index (χ3v) is 50.6. The summed E-state index contributed by atoms with van der Waals surface area (Å²) in [5.41, 5.74) is -0.0194. The highest BCUT2D eigenvalue weighted by Crippen LogP contribution is 2.54. The van der Waals surface area contributed by atoms with E-state index in [1.54, 1.807) is 0 Å². The monoisotopic (exact) mass is 925 g/mol. The second-order valence-corrected chi connectivity index (χ2v) is 42.9. The van der Waals surface area contributed by atoms with Crippen molar-refractivity contribution in [2.24, 2.45) is 0 Å². The third kappa shape index (κ3) is 9.50. The van der Waals surface area contributed by atoms with E-state index >= 15 is 0 Å². The number of nitriles is 5. The molecule has 0 aromatic heterocycles. The van der Waals surface area contributed by atoms with Crippen LogP contribution in [-0.4, -0.2) is 92.1 Å². The van der Waals surface area contributed by atoms with Gasteiger partial charge in [0, 0.05) is 62.3 Å². The minimum absolute atomic E-state index is 0.0194. The molecule has 0 N–H and O–H groups in total. The first-order valence-electron chi connectivity index (χ1n) is 18.2. The fourth-order valence-corrected chi connectivity index (χ4v) is 58.7. The first-order valence-corrected chi connectivity index (χ1v) is 36.4. The van der Waals surface area contributed by atoms with Gasteiger partial charge in [-0.1, -0.05) is 20.3 Å². The summed E-state index contributed by atoms with van der Waals surface area (Å²) < 4.78 is 92.8. The summed E-state index contributed by atoms with van der Waals surface area (Å²) in [7, 11) is -39.8. The van der Waals surface area contributed by atoms with Crippen LogP contribution in [0.4, 0.5) is 0 Å². The van der Waals surface area contributed by atoms with Gasteiger partial charge in [0.1, 0.15) is 0 Å². The average molecular weight is 926 g/mol. The minimum Gasteiger partial charge on any atom is -0.395 e. The summed E-state index contributed by atoms with van der Waals surface area (Å²) in [5.74, 6) is 0. The van der Waals surface area contributed by atoms with Crippen molar-refractivity contribution in [2.45, 2.75) is 113 Å². The zero-order chi connectivity index (χ0) is 40.8. The Hall–Kier alpha value is -2.14. The maximum atomic E-state index is 10.0. The Bertz CT molecular complexity index is 1600. The molecule has 6 aliphatic rings. The normalized spacial score (nSPS) is 38.7. The van der Waals surface area contributed by atoms with E-state index in [1.807, 2.05) is 26.9 Å². The van der Waals surface area contributed by atoms with Crippen LogP contribution in [0.1, 0.15) is 52.4 Å². The van der Waals surface area contributed by atoms with Gasteiger partial charge < -0.3 is 63.2 Å². The van der Waals surface area contributed by atoms with Gasteiger partial charge >= 0.3 is 70.7 Å². The second kappa shape index (κ2) is 17.6. The number of hydrogen-bond acceptors (Lipinski definition) is 18. The molecule has 6 aliphatic heterocycles. The molecule has 20 nitrogen and oxygen atoms in total. The molecule has 56 heavy (non-hydrogen) atoms. The third-order valence-electron chi connectivity index (χ3n) is 9.60. The van der Waals surface area contributed by atoms with E-state index in [2.05, 4.69) is 40.0 Å². The van der Waals surface area contributed by atoms with Gasteiger partial charge in [-0.25, -0.2) is 13.1 Å². The molecule has 0 saturated carbocycles. The fourth-order valence-electron chi connectivity index (χ4n) is 6.68. The highest BCUT2D eigenvalue weighted by molar-refractivity contribution is 7.03. The van der Waals surface area contributed by atoms with Crippen molar-refractivity contribution in [2.75, 3.05) is 13.1 Å². The van der Waals surface area contributed by atoms with E-state index in [-0.39, 0.29) is 93.0 Å². The summed E-state index contributed by atoms with van der Waals surface area (Å²) in [4.78, 5) is 7.18. The number of hydrogen-bond donors (Lipinski definition) is 0. The molecule has 6 fully saturated rings. The summed E-state index contributed by atoms with van der Waals surface area (Å²) in [6, 6.07) is 9.20. The number of nitrogens with zero attached hydrogens (tertiary/aromatic N) is 7. The van der Waals surface area contributed by atoms with Gasteiger partial charge in [-0.15, -0.1) is 0 Å². The van der Waals surface area contributed by atoms with Crippen LogP contribution in [0.5, 0.6) is 0 Å². The summed E-state index contributed by atoms with van der Waals surface area (Å²) in [5, 5.41) is 49.8. The molecule has 6 saturated heterocycles. The van der Waals surface area contributed by atoms with Gasteiger partial charge in [0.25, 0.3) is 0 Å². The highest BCUT2D eigenvalue weighted by Gasteiger charge is 2.84. The van der Waals surface area contributed by atoms with Crippen molar-refractivity contribution in [1.82, 2.24) is 0 Å². The van der Waals surface area contributed by atoms with Crippen LogP contribution in [0.2, 0.25) is 60.9 Å². The van der Waals surface area contributed by atoms with E-state index in [0.717, 1.165) is 0 Å². The Labute approximate surface area is 336 Å². The molecule has 0 amide bonds. The van der Waals surface area contributed by atoms with Crippen molar-refractivity contribution < 1.29 is 53.5 Å². The smallest absolute Gasteiger partial charge is 0.395 e. The van der Waals surface area contributed by atoms with Crippen molar-refractivity contribution in [3.05, 3.63) is 22.8 Å². The van der Waals surface area contributed by atoms with Crippen molar-refractivity contribution in [3.63, 3.8) is 0 Å². The van der Waals surface area contributed by atoms with Crippen LogP contribution in [0.15, 0.2) is 0 Å². The molecule has 8 bridgehead atoms.